The second kappa shape index (κ2) is 3.84. The molecule has 0 radical (unpaired) electrons. The molecule has 1 aliphatic heterocycles. The minimum absolute atomic E-state index is 0.612. The van der Waals surface area contributed by atoms with Crippen LogP contribution in [-0.2, 0) is 13.5 Å². The van der Waals surface area contributed by atoms with Crippen molar-refractivity contribution >= 4 is 11.5 Å². The summed E-state index contributed by atoms with van der Waals surface area (Å²) in [5, 5.41) is 12.4. The number of hydrogen-bond acceptors (Lipinski definition) is 4. The van der Waals surface area contributed by atoms with E-state index < -0.39 is 0 Å². The number of nitrogens with two attached hydrogens (primary N) is 1. The lowest BCUT2D eigenvalue weighted by atomic mass is 10.0. The molecule has 1 aromatic rings. The van der Waals surface area contributed by atoms with Gasteiger partial charge in [0.25, 0.3) is 0 Å². The molecule has 0 amide bonds. The zero-order chi connectivity index (χ0) is 10.8. The standard InChI is InChI=1S/C10H15N5/c1-3-8-7(6-15(2)14-8)9-4-5-10(11)13-12-9/h6H,3-5H2,1-2H3,(H2,11,13). The lowest BCUT2D eigenvalue weighted by Gasteiger charge is -2.08. The summed E-state index contributed by atoms with van der Waals surface area (Å²) in [4.78, 5) is 0. The summed E-state index contributed by atoms with van der Waals surface area (Å²) in [6.07, 6.45) is 4.55. The highest BCUT2D eigenvalue weighted by Crippen LogP contribution is 2.15. The van der Waals surface area contributed by atoms with Gasteiger partial charge in [-0.15, -0.1) is 5.10 Å². The Morgan fingerprint density at radius 3 is 2.80 bits per heavy atom. The molecular weight excluding hydrogens is 190 g/mol. The van der Waals surface area contributed by atoms with E-state index in [2.05, 4.69) is 22.2 Å². The van der Waals surface area contributed by atoms with Crippen molar-refractivity contribution in [3.05, 3.63) is 17.5 Å². The Morgan fingerprint density at radius 2 is 2.20 bits per heavy atom. The highest BCUT2D eigenvalue weighted by atomic mass is 15.3. The van der Waals surface area contributed by atoms with Crippen LogP contribution in [0.1, 0.15) is 31.0 Å². The van der Waals surface area contributed by atoms with Crippen molar-refractivity contribution in [2.24, 2.45) is 23.0 Å². The largest absolute Gasteiger partial charge is 0.386 e. The van der Waals surface area contributed by atoms with Crippen LogP contribution in [0.3, 0.4) is 0 Å². The van der Waals surface area contributed by atoms with Crippen LogP contribution in [0.25, 0.3) is 0 Å². The molecule has 0 bridgehead atoms. The average Bonchev–Trinajstić information content (AvgIpc) is 2.61. The summed E-state index contributed by atoms with van der Waals surface area (Å²) in [5.74, 6) is 0.612. The van der Waals surface area contributed by atoms with Gasteiger partial charge >= 0.3 is 0 Å². The second-order valence-electron chi connectivity index (χ2n) is 3.65. The first-order valence-electron chi connectivity index (χ1n) is 5.12. The SMILES string of the molecule is CCc1nn(C)cc1C1=NN=C(N)CC1. The van der Waals surface area contributed by atoms with Gasteiger partial charge < -0.3 is 5.73 Å². The van der Waals surface area contributed by atoms with Crippen LogP contribution in [-0.4, -0.2) is 21.3 Å². The summed E-state index contributed by atoms with van der Waals surface area (Å²) < 4.78 is 1.82. The van der Waals surface area contributed by atoms with Crippen LogP contribution in [0.2, 0.25) is 0 Å². The Labute approximate surface area is 88.7 Å². The molecule has 80 valence electrons. The predicted molar refractivity (Wildman–Crippen MR) is 60.0 cm³/mol. The minimum atomic E-state index is 0.612. The molecule has 2 rings (SSSR count). The number of amidine groups is 1. The van der Waals surface area contributed by atoms with Gasteiger partial charge in [-0.2, -0.15) is 10.2 Å². The fourth-order valence-electron chi connectivity index (χ4n) is 1.70. The molecule has 0 aliphatic carbocycles. The molecule has 15 heavy (non-hydrogen) atoms. The van der Waals surface area contributed by atoms with Crippen molar-refractivity contribution in [1.29, 1.82) is 0 Å². The summed E-state index contributed by atoms with van der Waals surface area (Å²) >= 11 is 0. The molecule has 0 aromatic carbocycles. The van der Waals surface area contributed by atoms with E-state index in [-0.39, 0.29) is 0 Å². The van der Waals surface area contributed by atoms with Crippen molar-refractivity contribution in [2.75, 3.05) is 0 Å². The molecular formula is C10H15N5. The molecule has 5 nitrogen and oxygen atoms in total. The van der Waals surface area contributed by atoms with E-state index in [1.165, 1.54) is 0 Å². The van der Waals surface area contributed by atoms with E-state index in [0.717, 1.165) is 36.2 Å². The fraction of sp³-hybridized carbons (Fsp3) is 0.500. The number of nitrogens with zero attached hydrogens (tertiary/aromatic N) is 4. The van der Waals surface area contributed by atoms with Crippen molar-refractivity contribution < 1.29 is 0 Å². The Morgan fingerprint density at radius 1 is 1.40 bits per heavy atom. The Kier molecular flexibility index (Phi) is 2.53. The topological polar surface area (TPSA) is 68.6 Å². The van der Waals surface area contributed by atoms with Gasteiger partial charge in [0.1, 0.15) is 5.84 Å². The molecule has 2 N–H and O–H groups in total. The van der Waals surface area contributed by atoms with Crippen molar-refractivity contribution in [3.63, 3.8) is 0 Å². The van der Waals surface area contributed by atoms with E-state index in [1.54, 1.807) is 0 Å². The number of rotatable bonds is 2. The second-order valence-corrected chi connectivity index (χ2v) is 3.65. The van der Waals surface area contributed by atoms with E-state index >= 15 is 0 Å². The Hall–Kier alpha value is -1.65. The molecule has 0 saturated carbocycles. The number of hydrogen-bond donors (Lipinski definition) is 1. The quantitative estimate of drug-likeness (QED) is 0.777. The van der Waals surface area contributed by atoms with Gasteiger partial charge in [0.2, 0.25) is 0 Å². The van der Waals surface area contributed by atoms with Crippen molar-refractivity contribution in [1.82, 2.24) is 9.78 Å². The molecule has 0 unspecified atom stereocenters. The summed E-state index contributed by atoms with van der Waals surface area (Å²) in [6.45, 7) is 2.09. The highest BCUT2D eigenvalue weighted by molar-refractivity contribution is 6.04. The van der Waals surface area contributed by atoms with Gasteiger partial charge in [-0.05, 0) is 12.8 Å². The van der Waals surface area contributed by atoms with Crippen LogP contribution >= 0.6 is 0 Å². The minimum Gasteiger partial charge on any atom is -0.386 e. The predicted octanol–water partition coefficient (Wildman–Crippen LogP) is 0.838. The zero-order valence-electron chi connectivity index (χ0n) is 9.06. The Balaban J connectivity index is 2.37. The highest BCUT2D eigenvalue weighted by Gasteiger charge is 2.15. The van der Waals surface area contributed by atoms with Gasteiger partial charge in [0, 0.05) is 25.2 Å². The van der Waals surface area contributed by atoms with Gasteiger partial charge in [0.15, 0.2) is 0 Å². The first kappa shape index (κ1) is 9.89. The third-order valence-corrected chi connectivity index (χ3v) is 2.47. The van der Waals surface area contributed by atoms with Crippen LogP contribution in [0.5, 0.6) is 0 Å². The Bertz CT molecular complexity index is 427. The molecule has 0 atom stereocenters. The first-order valence-corrected chi connectivity index (χ1v) is 5.12. The van der Waals surface area contributed by atoms with Gasteiger partial charge in [0.05, 0.1) is 11.4 Å². The molecule has 0 saturated heterocycles. The summed E-state index contributed by atoms with van der Waals surface area (Å²) in [6, 6.07) is 0. The normalized spacial score (nSPS) is 16.1. The molecule has 5 heteroatoms. The van der Waals surface area contributed by atoms with Crippen LogP contribution in [0, 0.1) is 0 Å². The van der Waals surface area contributed by atoms with E-state index in [0.29, 0.717) is 5.84 Å². The monoisotopic (exact) mass is 205 g/mol. The van der Waals surface area contributed by atoms with Gasteiger partial charge in [-0.3, -0.25) is 4.68 Å². The van der Waals surface area contributed by atoms with Crippen molar-refractivity contribution in [3.8, 4) is 0 Å². The van der Waals surface area contributed by atoms with Gasteiger partial charge in [-0.1, -0.05) is 6.92 Å². The fourth-order valence-corrected chi connectivity index (χ4v) is 1.70. The molecule has 2 heterocycles. The average molecular weight is 205 g/mol. The molecule has 0 fully saturated rings. The lowest BCUT2D eigenvalue weighted by molar-refractivity contribution is 0.746. The lowest BCUT2D eigenvalue weighted by Crippen LogP contribution is -2.18. The maximum atomic E-state index is 5.57. The van der Waals surface area contributed by atoms with Crippen LogP contribution in [0.4, 0.5) is 0 Å². The van der Waals surface area contributed by atoms with Crippen LogP contribution < -0.4 is 5.73 Å². The third kappa shape index (κ3) is 1.91. The zero-order valence-corrected chi connectivity index (χ0v) is 9.06. The molecule has 0 spiro atoms. The summed E-state index contributed by atoms with van der Waals surface area (Å²) in [5.41, 5.74) is 8.75. The van der Waals surface area contributed by atoms with Crippen molar-refractivity contribution in [2.45, 2.75) is 26.2 Å². The van der Waals surface area contributed by atoms with Crippen LogP contribution in [0.15, 0.2) is 16.4 Å². The van der Waals surface area contributed by atoms with E-state index in [1.807, 2.05) is 17.9 Å². The smallest absolute Gasteiger partial charge is 0.122 e. The molecule has 1 aliphatic rings. The van der Waals surface area contributed by atoms with Gasteiger partial charge in [-0.25, -0.2) is 0 Å². The maximum Gasteiger partial charge on any atom is 0.122 e. The number of aromatic nitrogens is 2. The third-order valence-electron chi connectivity index (χ3n) is 2.47. The van der Waals surface area contributed by atoms with E-state index in [4.69, 9.17) is 5.73 Å². The van der Waals surface area contributed by atoms with E-state index in [9.17, 15) is 0 Å². The maximum absolute atomic E-state index is 5.57. The summed E-state index contributed by atoms with van der Waals surface area (Å²) in [7, 11) is 1.92. The number of aryl methyl sites for hydroxylation is 2. The molecule has 1 aromatic heterocycles. The first-order chi connectivity index (χ1) is 7.20.